The van der Waals surface area contributed by atoms with Crippen molar-refractivity contribution in [1.82, 2.24) is 4.98 Å². The van der Waals surface area contributed by atoms with Gasteiger partial charge < -0.3 is 0 Å². The number of β-lactam (4-membered cyclic amide) rings is 1. The first-order valence-corrected chi connectivity index (χ1v) is 13.0. The van der Waals surface area contributed by atoms with Crippen LogP contribution in [0, 0.1) is 0 Å². The van der Waals surface area contributed by atoms with Crippen molar-refractivity contribution < 1.29 is 17.8 Å². The number of anilines is 2. The molecule has 2 aliphatic heterocycles. The minimum absolute atomic E-state index is 0.281. The third-order valence-electron chi connectivity index (χ3n) is 5.69. The summed E-state index contributed by atoms with van der Waals surface area (Å²) in [6.07, 6.45) is 7.67. The first-order chi connectivity index (χ1) is 16.3. The summed E-state index contributed by atoms with van der Waals surface area (Å²) in [5.74, 6) is -0.314. The van der Waals surface area contributed by atoms with Gasteiger partial charge in [-0.1, -0.05) is 47.8 Å². The number of allylic oxidation sites excluding steroid dienone is 4. The van der Waals surface area contributed by atoms with Gasteiger partial charge in [-0.25, -0.2) is 9.99 Å². The van der Waals surface area contributed by atoms with Gasteiger partial charge in [0.2, 0.25) is 0 Å². The molecule has 0 unspecified atom stereocenters. The monoisotopic (exact) mass is 514 g/mol. The van der Waals surface area contributed by atoms with Crippen LogP contribution >= 0.6 is 22.9 Å². The Morgan fingerprint density at radius 1 is 1.21 bits per heavy atom. The Labute approximate surface area is 205 Å². The van der Waals surface area contributed by atoms with Crippen LogP contribution in [-0.2, 0) is 14.9 Å². The highest BCUT2D eigenvalue weighted by atomic mass is 35.5. The maximum Gasteiger partial charge on any atom is 0.294 e. The summed E-state index contributed by atoms with van der Waals surface area (Å²) >= 11 is 8.04. The van der Waals surface area contributed by atoms with E-state index in [4.69, 9.17) is 16.7 Å². The van der Waals surface area contributed by atoms with Gasteiger partial charge in [0.25, 0.3) is 16.0 Å². The van der Waals surface area contributed by atoms with Crippen LogP contribution in [0.2, 0.25) is 0 Å². The summed E-state index contributed by atoms with van der Waals surface area (Å²) in [4.78, 5) is 19.0. The Morgan fingerprint density at radius 3 is 2.74 bits per heavy atom. The number of para-hydroxylation sites is 1. The van der Waals surface area contributed by atoms with E-state index in [1.165, 1.54) is 34.4 Å². The second-order valence-corrected chi connectivity index (χ2v) is 10.7. The molecule has 5 rings (SSSR count). The van der Waals surface area contributed by atoms with Crippen molar-refractivity contribution in [2.75, 3.05) is 9.91 Å². The lowest BCUT2D eigenvalue weighted by Crippen LogP contribution is -2.78. The number of benzene rings is 2. The number of hydrogen-bond acceptors (Lipinski definition) is 7. The Balaban J connectivity index is 1.65. The fourth-order valence-electron chi connectivity index (χ4n) is 4.15. The Bertz CT molecular complexity index is 1460. The topological polar surface area (TPSA) is 103 Å². The molecule has 2 aliphatic rings. The van der Waals surface area contributed by atoms with Crippen molar-refractivity contribution in [1.29, 1.82) is 0 Å². The minimum Gasteiger partial charge on any atom is -0.282 e. The number of thiazole rings is 1. The van der Waals surface area contributed by atoms with Crippen LogP contribution in [0.1, 0.15) is 13.3 Å². The Hall–Kier alpha value is -3.05. The zero-order chi connectivity index (χ0) is 24.1. The average molecular weight is 515 g/mol. The molecule has 0 radical (unpaired) electrons. The molecule has 2 atom stereocenters. The smallest absolute Gasteiger partial charge is 0.282 e. The highest BCUT2D eigenvalue weighted by molar-refractivity contribution is 7.85. The fraction of sp³-hybridized carbons (Fsp3) is 0.174. The van der Waals surface area contributed by atoms with E-state index in [9.17, 15) is 17.8 Å². The quantitative estimate of drug-likeness (QED) is 0.231. The van der Waals surface area contributed by atoms with Gasteiger partial charge in [0, 0.05) is 6.42 Å². The fourth-order valence-corrected chi connectivity index (χ4v) is 6.08. The van der Waals surface area contributed by atoms with E-state index in [1.807, 2.05) is 55.5 Å². The molecule has 1 N–H and O–H groups in total. The van der Waals surface area contributed by atoms with Gasteiger partial charge in [0.1, 0.15) is 0 Å². The molecule has 3 aromatic rings. The predicted molar refractivity (Wildman–Crippen MR) is 134 cm³/mol. The van der Waals surface area contributed by atoms with Crippen LogP contribution in [0.25, 0.3) is 10.2 Å². The van der Waals surface area contributed by atoms with Crippen molar-refractivity contribution in [3.63, 3.8) is 0 Å². The first-order valence-electron chi connectivity index (χ1n) is 10.3. The third kappa shape index (κ3) is 3.54. The standard InChI is InChI=1S/C23H19ClN4O4S2/c1-2-3-4-8-15-14-23(28(26-15)16-9-7-10-17(13-16)34(30,31)32)20(24)21(29)27(23)22-25-18-11-5-6-12-19(18)33-22/h2-13,20H,14H2,1H3,(H,30,31,32)/b3-2+,8-4+/t20-,23+/m0/s1. The Morgan fingerprint density at radius 2 is 2.00 bits per heavy atom. The molecule has 3 heterocycles. The van der Waals surface area contributed by atoms with Crippen LogP contribution in [0.15, 0.2) is 82.8 Å². The Kier molecular flexibility index (Phi) is 5.56. The number of hydrazone groups is 1. The molecule has 34 heavy (non-hydrogen) atoms. The van der Waals surface area contributed by atoms with Crippen LogP contribution in [0.4, 0.5) is 10.8 Å². The molecule has 8 nitrogen and oxygen atoms in total. The zero-order valence-corrected chi connectivity index (χ0v) is 20.3. The van der Waals surface area contributed by atoms with Gasteiger partial charge in [0.15, 0.2) is 16.2 Å². The van der Waals surface area contributed by atoms with E-state index in [-0.39, 0.29) is 10.8 Å². The second-order valence-electron chi connectivity index (χ2n) is 7.82. The SMILES string of the molecule is C/C=C/C=C/C1=NN(c2cccc(S(=O)(=O)O)c2)[C@]2(C1)[C@@H](Cl)C(=O)N2c1nc2ccccc2s1. The molecular formula is C23H19ClN4O4S2. The molecule has 1 fully saturated rings. The molecule has 0 saturated carbocycles. The molecule has 11 heteroatoms. The van der Waals surface area contributed by atoms with Gasteiger partial charge in [-0.3, -0.25) is 14.2 Å². The summed E-state index contributed by atoms with van der Waals surface area (Å²) in [6.45, 7) is 1.89. The molecule has 1 aromatic heterocycles. The number of halogens is 1. The van der Waals surface area contributed by atoms with E-state index in [1.54, 1.807) is 11.1 Å². The molecule has 0 aliphatic carbocycles. The van der Waals surface area contributed by atoms with E-state index in [0.29, 0.717) is 23.0 Å². The van der Waals surface area contributed by atoms with E-state index in [2.05, 4.69) is 4.98 Å². The molecule has 0 bridgehead atoms. The third-order valence-corrected chi connectivity index (χ3v) is 8.10. The number of amides is 1. The summed E-state index contributed by atoms with van der Waals surface area (Å²) in [5, 5.41) is 5.78. The normalized spacial score (nSPS) is 23.0. The lowest BCUT2D eigenvalue weighted by Gasteiger charge is -2.55. The largest absolute Gasteiger partial charge is 0.294 e. The zero-order valence-electron chi connectivity index (χ0n) is 17.9. The van der Waals surface area contributed by atoms with Crippen LogP contribution in [-0.4, -0.2) is 40.6 Å². The van der Waals surface area contributed by atoms with E-state index in [0.717, 1.165) is 10.2 Å². The number of fused-ring (bicyclic) bond motifs is 1. The first kappa shape index (κ1) is 22.7. The van der Waals surface area contributed by atoms with Gasteiger partial charge in [0.05, 0.1) is 26.5 Å². The van der Waals surface area contributed by atoms with Crippen LogP contribution in [0.3, 0.4) is 0 Å². The number of nitrogens with zero attached hydrogens (tertiary/aromatic N) is 4. The lowest BCUT2D eigenvalue weighted by molar-refractivity contribution is -0.126. The van der Waals surface area contributed by atoms with Gasteiger partial charge in [-0.15, -0.1) is 11.6 Å². The van der Waals surface area contributed by atoms with Crippen molar-refractivity contribution in [3.8, 4) is 0 Å². The lowest BCUT2D eigenvalue weighted by atomic mass is 9.87. The van der Waals surface area contributed by atoms with E-state index < -0.39 is 21.2 Å². The number of aromatic nitrogens is 1. The molecule has 1 spiro atoms. The number of rotatable bonds is 5. The van der Waals surface area contributed by atoms with Crippen LogP contribution < -0.4 is 9.91 Å². The molecule has 174 valence electrons. The van der Waals surface area contributed by atoms with Crippen molar-refractivity contribution >= 4 is 65.7 Å². The molecule has 2 aromatic carbocycles. The molecule has 1 amide bonds. The number of alkyl halides is 1. The van der Waals surface area contributed by atoms with Gasteiger partial charge in [-0.2, -0.15) is 13.5 Å². The maximum absolute atomic E-state index is 13.1. The van der Waals surface area contributed by atoms with Gasteiger partial charge in [-0.05, 0) is 43.3 Å². The predicted octanol–water partition coefficient (Wildman–Crippen LogP) is 4.59. The molecule has 1 saturated heterocycles. The summed E-state index contributed by atoms with van der Waals surface area (Å²) in [6, 6.07) is 13.3. The highest BCUT2D eigenvalue weighted by Crippen LogP contribution is 2.51. The van der Waals surface area contributed by atoms with Crippen molar-refractivity contribution in [3.05, 3.63) is 72.8 Å². The summed E-state index contributed by atoms with van der Waals surface area (Å²) < 4.78 is 34.0. The van der Waals surface area contributed by atoms with Crippen molar-refractivity contribution in [2.24, 2.45) is 5.10 Å². The molecular weight excluding hydrogens is 496 g/mol. The maximum atomic E-state index is 13.1. The minimum atomic E-state index is -4.44. The van der Waals surface area contributed by atoms with Gasteiger partial charge >= 0.3 is 0 Å². The summed E-state index contributed by atoms with van der Waals surface area (Å²) in [7, 11) is -4.44. The second kappa shape index (κ2) is 8.31. The highest BCUT2D eigenvalue weighted by Gasteiger charge is 2.67. The number of hydrogen-bond donors (Lipinski definition) is 1. The van der Waals surface area contributed by atoms with Crippen LogP contribution in [0.5, 0.6) is 0 Å². The average Bonchev–Trinajstić information content (AvgIpc) is 3.41. The number of carbonyl (C=O) groups excluding carboxylic acids is 1. The summed E-state index contributed by atoms with van der Waals surface area (Å²) in [5.41, 5.74) is 0.656. The number of carbonyl (C=O) groups is 1. The van der Waals surface area contributed by atoms with E-state index >= 15 is 0 Å². The van der Waals surface area contributed by atoms with Crippen molar-refractivity contribution in [2.45, 2.75) is 29.3 Å².